The number of carbonyl (C=O) groups is 1. The Morgan fingerprint density at radius 3 is 2.47 bits per heavy atom. The minimum atomic E-state index is -0.527. The van der Waals surface area contributed by atoms with Crippen molar-refractivity contribution in [2.24, 2.45) is 4.99 Å². The molecule has 4 rings (SSSR count). The summed E-state index contributed by atoms with van der Waals surface area (Å²) >= 11 is 12.2. The summed E-state index contributed by atoms with van der Waals surface area (Å²) in [5.74, 6) is 1.48. The van der Waals surface area contributed by atoms with Crippen LogP contribution < -0.4 is 14.2 Å². The number of aliphatic imine (C=N–C) groups is 1. The van der Waals surface area contributed by atoms with E-state index in [2.05, 4.69) is 4.99 Å². The molecule has 1 aliphatic rings. The summed E-state index contributed by atoms with van der Waals surface area (Å²) < 4.78 is 22.1. The minimum Gasteiger partial charge on any atom is -0.494 e. The molecular formula is C26H21Cl2NO5. The maximum absolute atomic E-state index is 12.4. The number of cyclic esters (lactones) is 1. The summed E-state index contributed by atoms with van der Waals surface area (Å²) in [5.41, 5.74) is 2.37. The predicted octanol–water partition coefficient (Wildman–Crippen LogP) is 6.32. The number of carbonyl (C=O) groups excluding carboxylic acids is 1. The third-order valence-electron chi connectivity index (χ3n) is 4.92. The molecule has 0 unspecified atom stereocenters. The summed E-state index contributed by atoms with van der Waals surface area (Å²) in [5, 5.41) is 1.08. The first kappa shape index (κ1) is 23.7. The van der Waals surface area contributed by atoms with Gasteiger partial charge in [0.05, 0.1) is 13.7 Å². The molecule has 0 radical (unpaired) electrons. The topological polar surface area (TPSA) is 66.3 Å². The third-order valence-corrected chi connectivity index (χ3v) is 5.51. The number of methoxy groups -OCH3 is 1. The predicted molar refractivity (Wildman–Crippen MR) is 132 cm³/mol. The highest BCUT2D eigenvalue weighted by Gasteiger charge is 2.24. The van der Waals surface area contributed by atoms with E-state index in [1.54, 1.807) is 67.8 Å². The van der Waals surface area contributed by atoms with Crippen LogP contribution in [0.5, 0.6) is 17.2 Å². The van der Waals surface area contributed by atoms with Crippen molar-refractivity contribution >= 4 is 41.1 Å². The van der Waals surface area contributed by atoms with E-state index >= 15 is 0 Å². The van der Waals surface area contributed by atoms with Gasteiger partial charge in [-0.1, -0.05) is 35.3 Å². The SMILES string of the molecule is CCOc1ccc(C2=N/C(=C\c3ccc(OCc4ccc(Cl)cc4Cl)c(OC)c3)C(=O)O2)cc1. The van der Waals surface area contributed by atoms with Gasteiger partial charge in [0, 0.05) is 21.2 Å². The van der Waals surface area contributed by atoms with Gasteiger partial charge in [0.15, 0.2) is 17.2 Å². The maximum atomic E-state index is 12.4. The summed E-state index contributed by atoms with van der Waals surface area (Å²) in [4.78, 5) is 16.7. The molecule has 1 aliphatic heterocycles. The highest BCUT2D eigenvalue weighted by molar-refractivity contribution is 6.35. The lowest BCUT2D eigenvalue weighted by atomic mass is 10.1. The molecular weight excluding hydrogens is 477 g/mol. The molecule has 0 N–H and O–H groups in total. The number of ether oxygens (including phenoxy) is 4. The Morgan fingerprint density at radius 1 is 0.971 bits per heavy atom. The summed E-state index contributed by atoms with van der Waals surface area (Å²) in [6.07, 6.45) is 1.63. The fraction of sp³-hybridized carbons (Fsp3) is 0.154. The number of rotatable bonds is 8. The van der Waals surface area contributed by atoms with Gasteiger partial charge in [-0.2, -0.15) is 0 Å². The number of benzene rings is 3. The third kappa shape index (κ3) is 5.53. The number of hydrogen-bond acceptors (Lipinski definition) is 6. The van der Waals surface area contributed by atoms with Crippen LogP contribution in [0.3, 0.4) is 0 Å². The summed E-state index contributed by atoms with van der Waals surface area (Å²) in [6, 6.07) is 17.7. The smallest absolute Gasteiger partial charge is 0.363 e. The van der Waals surface area contributed by atoms with Crippen molar-refractivity contribution in [3.05, 3.63) is 93.1 Å². The Labute approximate surface area is 207 Å². The molecule has 0 atom stereocenters. The fourth-order valence-electron chi connectivity index (χ4n) is 3.24. The van der Waals surface area contributed by atoms with E-state index in [9.17, 15) is 4.79 Å². The monoisotopic (exact) mass is 497 g/mol. The van der Waals surface area contributed by atoms with Crippen LogP contribution in [0.25, 0.3) is 6.08 Å². The largest absolute Gasteiger partial charge is 0.494 e. The van der Waals surface area contributed by atoms with Crippen molar-refractivity contribution in [3.8, 4) is 17.2 Å². The lowest BCUT2D eigenvalue weighted by Crippen LogP contribution is -2.05. The van der Waals surface area contributed by atoms with Crippen LogP contribution in [0.15, 0.2) is 71.4 Å². The Morgan fingerprint density at radius 2 is 1.76 bits per heavy atom. The quantitative estimate of drug-likeness (QED) is 0.269. The van der Waals surface area contributed by atoms with Crippen LogP contribution in [-0.4, -0.2) is 25.6 Å². The molecule has 1 heterocycles. The van der Waals surface area contributed by atoms with Gasteiger partial charge < -0.3 is 18.9 Å². The van der Waals surface area contributed by atoms with Gasteiger partial charge in [0.1, 0.15) is 12.4 Å². The van der Waals surface area contributed by atoms with Crippen LogP contribution >= 0.6 is 23.2 Å². The van der Waals surface area contributed by atoms with Gasteiger partial charge in [-0.15, -0.1) is 0 Å². The number of esters is 1. The zero-order valence-corrected chi connectivity index (χ0v) is 20.0. The molecule has 3 aromatic rings. The van der Waals surface area contributed by atoms with Crippen molar-refractivity contribution in [3.63, 3.8) is 0 Å². The van der Waals surface area contributed by atoms with Crippen molar-refractivity contribution in [2.75, 3.05) is 13.7 Å². The van der Waals surface area contributed by atoms with Gasteiger partial charge in [0.25, 0.3) is 0 Å². The van der Waals surface area contributed by atoms with Crippen molar-refractivity contribution in [1.29, 1.82) is 0 Å². The molecule has 34 heavy (non-hydrogen) atoms. The van der Waals surface area contributed by atoms with E-state index in [-0.39, 0.29) is 18.2 Å². The first-order chi connectivity index (χ1) is 16.5. The zero-order chi connectivity index (χ0) is 24.1. The number of hydrogen-bond donors (Lipinski definition) is 0. The Balaban J connectivity index is 1.51. The Hall–Kier alpha value is -3.48. The van der Waals surface area contributed by atoms with Crippen molar-refractivity contribution < 1.29 is 23.7 Å². The maximum Gasteiger partial charge on any atom is 0.363 e. The molecule has 8 heteroatoms. The van der Waals surface area contributed by atoms with E-state index in [0.29, 0.717) is 39.3 Å². The first-order valence-corrected chi connectivity index (χ1v) is 11.2. The van der Waals surface area contributed by atoms with Crippen LogP contribution in [0.4, 0.5) is 0 Å². The van der Waals surface area contributed by atoms with Gasteiger partial charge >= 0.3 is 5.97 Å². The van der Waals surface area contributed by atoms with E-state index < -0.39 is 5.97 Å². The van der Waals surface area contributed by atoms with Crippen molar-refractivity contribution in [2.45, 2.75) is 13.5 Å². The second kappa shape index (κ2) is 10.6. The molecule has 0 saturated carbocycles. The molecule has 3 aromatic carbocycles. The minimum absolute atomic E-state index is 0.188. The Kier molecular flexibility index (Phi) is 7.40. The van der Waals surface area contributed by atoms with Crippen LogP contribution in [-0.2, 0) is 16.1 Å². The lowest BCUT2D eigenvalue weighted by Gasteiger charge is -2.12. The lowest BCUT2D eigenvalue weighted by molar-refractivity contribution is -0.129. The molecule has 0 bridgehead atoms. The molecule has 0 fully saturated rings. The summed E-state index contributed by atoms with van der Waals surface area (Å²) in [6.45, 7) is 2.73. The Bertz CT molecular complexity index is 1270. The molecule has 0 spiro atoms. The van der Waals surface area contributed by atoms with Gasteiger partial charge in [-0.3, -0.25) is 0 Å². The van der Waals surface area contributed by atoms with Crippen LogP contribution in [0.2, 0.25) is 10.0 Å². The molecule has 0 saturated heterocycles. The molecule has 0 aromatic heterocycles. The fourth-order valence-corrected chi connectivity index (χ4v) is 3.70. The van der Waals surface area contributed by atoms with Crippen LogP contribution in [0, 0.1) is 0 Å². The molecule has 174 valence electrons. The number of nitrogens with zero attached hydrogens (tertiary/aromatic N) is 1. The van der Waals surface area contributed by atoms with Gasteiger partial charge in [0.2, 0.25) is 5.90 Å². The average Bonchev–Trinajstić information content (AvgIpc) is 3.19. The van der Waals surface area contributed by atoms with Crippen LogP contribution in [0.1, 0.15) is 23.6 Å². The molecule has 0 aliphatic carbocycles. The second-order valence-corrected chi connectivity index (χ2v) is 8.07. The average molecular weight is 498 g/mol. The van der Waals surface area contributed by atoms with E-state index in [1.165, 1.54) is 0 Å². The molecule has 6 nitrogen and oxygen atoms in total. The van der Waals surface area contributed by atoms with Crippen molar-refractivity contribution in [1.82, 2.24) is 0 Å². The van der Waals surface area contributed by atoms with Gasteiger partial charge in [-0.25, -0.2) is 9.79 Å². The van der Waals surface area contributed by atoms with E-state index in [0.717, 1.165) is 11.3 Å². The van der Waals surface area contributed by atoms with E-state index in [1.807, 2.05) is 13.0 Å². The normalized spacial score (nSPS) is 14.1. The van der Waals surface area contributed by atoms with E-state index in [4.69, 9.17) is 42.1 Å². The zero-order valence-electron chi connectivity index (χ0n) is 18.5. The second-order valence-electron chi connectivity index (χ2n) is 7.23. The first-order valence-electron chi connectivity index (χ1n) is 10.5. The molecule has 0 amide bonds. The highest BCUT2D eigenvalue weighted by atomic mass is 35.5. The highest BCUT2D eigenvalue weighted by Crippen LogP contribution is 2.31. The summed E-state index contributed by atoms with van der Waals surface area (Å²) in [7, 11) is 1.54. The number of halogens is 2. The standard InChI is InChI=1S/C26H21Cl2NO5/c1-3-32-20-9-6-17(7-10-20)25-29-22(26(30)34-25)12-16-4-11-23(24(13-16)31-2)33-15-18-5-8-19(27)14-21(18)28/h4-14H,3,15H2,1-2H3/b22-12-. The van der Waals surface area contributed by atoms with Gasteiger partial charge in [-0.05, 0) is 67.1 Å².